The zero-order valence-corrected chi connectivity index (χ0v) is 15.8. The van der Waals surface area contributed by atoms with Crippen LogP contribution in [0.3, 0.4) is 0 Å². The highest BCUT2D eigenvalue weighted by Gasteiger charge is 2.25. The number of rotatable bonds is 4. The minimum Gasteiger partial charge on any atom is -0.381 e. The molecule has 2 saturated heterocycles. The average Bonchev–Trinajstić information content (AvgIpc) is 3.14. The minimum atomic E-state index is 0.0846. The first-order chi connectivity index (χ1) is 13.3. The Morgan fingerprint density at radius 1 is 1.33 bits per heavy atom. The van der Waals surface area contributed by atoms with Gasteiger partial charge in [0.25, 0.3) is 0 Å². The van der Waals surface area contributed by atoms with Crippen molar-refractivity contribution in [1.29, 1.82) is 0 Å². The second-order valence-electron chi connectivity index (χ2n) is 7.34. The van der Waals surface area contributed by atoms with Crippen molar-refractivity contribution in [2.45, 2.75) is 44.6 Å². The summed E-state index contributed by atoms with van der Waals surface area (Å²) >= 11 is 0. The van der Waals surface area contributed by atoms with Crippen LogP contribution in [0.1, 0.15) is 44.1 Å². The summed E-state index contributed by atoms with van der Waals surface area (Å²) in [6.45, 7) is 5.00. The van der Waals surface area contributed by atoms with Gasteiger partial charge in [-0.15, -0.1) is 0 Å². The molecular weight excluding hydrogens is 342 g/mol. The van der Waals surface area contributed by atoms with E-state index in [1.807, 2.05) is 11.8 Å². The molecule has 0 radical (unpaired) electrons. The fourth-order valence-corrected chi connectivity index (χ4v) is 4.16. The number of fused-ring (bicyclic) bond motifs is 1. The van der Waals surface area contributed by atoms with E-state index in [1.165, 1.54) is 5.56 Å². The lowest BCUT2D eigenvalue weighted by Gasteiger charge is -2.33. The second-order valence-corrected chi connectivity index (χ2v) is 7.34. The van der Waals surface area contributed by atoms with E-state index in [9.17, 15) is 4.79 Å². The number of carbonyl (C=O) groups excluding carboxylic acids is 1. The van der Waals surface area contributed by atoms with E-state index in [0.717, 1.165) is 62.3 Å². The molecule has 0 aliphatic carbocycles. The van der Waals surface area contributed by atoms with Crippen LogP contribution in [0.25, 0.3) is 11.0 Å². The average molecular weight is 369 g/mol. The Balaban J connectivity index is 1.56. The molecule has 2 aliphatic rings. The molecule has 2 N–H and O–H groups in total. The summed E-state index contributed by atoms with van der Waals surface area (Å²) < 4.78 is 5.52. The Labute approximate surface area is 159 Å². The van der Waals surface area contributed by atoms with Crippen molar-refractivity contribution < 1.29 is 9.53 Å². The quantitative estimate of drug-likeness (QED) is 0.810. The third-order valence-electron chi connectivity index (χ3n) is 5.54. The minimum absolute atomic E-state index is 0.0846. The van der Waals surface area contributed by atoms with E-state index in [4.69, 9.17) is 4.74 Å². The number of aromatic nitrogens is 3. The summed E-state index contributed by atoms with van der Waals surface area (Å²) in [6.07, 6.45) is 11.2. The molecule has 4 rings (SSSR count). The standard InChI is InChI=1S/C20H27N5O2/c1-2-4-17(26)25-8-3-5-15(12-25)24-20-18-16(14-6-9-27-10-7-14)11-21-19(18)22-13-23-20/h2,4,11,13-15H,3,5-10,12H2,1H3,(H2,21,22,23,24)/b4-2-/t15-/m1/s1. The smallest absolute Gasteiger partial charge is 0.246 e. The molecular formula is C20H27N5O2. The predicted molar refractivity (Wildman–Crippen MR) is 105 cm³/mol. The number of nitrogens with one attached hydrogen (secondary N) is 2. The maximum atomic E-state index is 12.2. The number of aromatic amines is 1. The SMILES string of the molecule is C/C=C\C(=O)N1CCC[C@@H](Nc2ncnc3[nH]cc(C4CCOCC4)c23)C1. The van der Waals surface area contributed by atoms with Crippen LogP contribution in [-0.2, 0) is 9.53 Å². The number of allylic oxidation sites excluding steroid dienone is 1. The maximum absolute atomic E-state index is 12.2. The van der Waals surface area contributed by atoms with Crippen LogP contribution in [0.5, 0.6) is 0 Å². The number of nitrogens with zero attached hydrogens (tertiary/aromatic N) is 3. The molecule has 1 atom stereocenters. The molecule has 0 bridgehead atoms. The number of likely N-dealkylation sites (tertiary alicyclic amines) is 1. The molecule has 7 nitrogen and oxygen atoms in total. The van der Waals surface area contributed by atoms with E-state index in [2.05, 4.69) is 26.5 Å². The Kier molecular flexibility index (Phi) is 5.38. The van der Waals surface area contributed by atoms with Gasteiger partial charge in [-0.25, -0.2) is 9.97 Å². The van der Waals surface area contributed by atoms with Gasteiger partial charge in [-0.2, -0.15) is 0 Å². The first-order valence-corrected chi connectivity index (χ1v) is 9.84. The van der Waals surface area contributed by atoms with Crippen molar-refractivity contribution >= 4 is 22.8 Å². The van der Waals surface area contributed by atoms with Crippen molar-refractivity contribution in [2.24, 2.45) is 0 Å². The summed E-state index contributed by atoms with van der Waals surface area (Å²) in [4.78, 5) is 26.4. The number of amides is 1. The van der Waals surface area contributed by atoms with E-state index < -0.39 is 0 Å². The first kappa shape index (κ1) is 18.0. The lowest BCUT2D eigenvalue weighted by Crippen LogP contribution is -2.44. The molecule has 2 fully saturated rings. The van der Waals surface area contributed by atoms with Gasteiger partial charge in [-0.05, 0) is 50.2 Å². The van der Waals surface area contributed by atoms with Gasteiger partial charge in [0.1, 0.15) is 17.8 Å². The molecule has 4 heterocycles. The Hall–Kier alpha value is -2.41. The monoisotopic (exact) mass is 369 g/mol. The van der Waals surface area contributed by atoms with Crippen LogP contribution >= 0.6 is 0 Å². The third-order valence-corrected chi connectivity index (χ3v) is 5.54. The fourth-order valence-electron chi connectivity index (χ4n) is 4.16. The van der Waals surface area contributed by atoms with E-state index in [-0.39, 0.29) is 11.9 Å². The normalized spacial score (nSPS) is 21.8. The molecule has 0 aromatic carbocycles. The molecule has 27 heavy (non-hydrogen) atoms. The van der Waals surface area contributed by atoms with Crippen LogP contribution < -0.4 is 5.32 Å². The van der Waals surface area contributed by atoms with Gasteiger partial charge in [0, 0.05) is 38.5 Å². The molecule has 1 amide bonds. The fraction of sp³-hybridized carbons (Fsp3) is 0.550. The van der Waals surface area contributed by atoms with Crippen LogP contribution in [0, 0.1) is 0 Å². The number of piperidine rings is 1. The van der Waals surface area contributed by atoms with Crippen LogP contribution in [0.15, 0.2) is 24.7 Å². The summed E-state index contributed by atoms with van der Waals surface area (Å²) in [5.74, 6) is 1.42. The third kappa shape index (κ3) is 3.83. The Bertz CT molecular complexity index is 825. The number of ether oxygens (including phenoxy) is 1. The Morgan fingerprint density at radius 2 is 2.19 bits per heavy atom. The molecule has 0 unspecified atom stereocenters. The lowest BCUT2D eigenvalue weighted by atomic mass is 9.92. The van der Waals surface area contributed by atoms with E-state index in [0.29, 0.717) is 12.5 Å². The zero-order chi connectivity index (χ0) is 18.6. The highest BCUT2D eigenvalue weighted by Crippen LogP contribution is 2.35. The lowest BCUT2D eigenvalue weighted by molar-refractivity contribution is -0.127. The van der Waals surface area contributed by atoms with Crippen LogP contribution in [0.2, 0.25) is 0 Å². The predicted octanol–water partition coefficient (Wildman–Crippen LogP) is 2.83. The van der Waals surface area contributed by atoms with Gasteiger partial charge in [0.15, 0.2) is 0 Å². The van der Waals surface area contributed by atoms with Crippen molar-refractivity contribution in [1.82, 2.24) is 19.9 Å². The molecule has 2 aromatic heterocycles. The highest BCUT2D eigenvalue weighted by atomic mass is 16.5. The Morgan fingerprint density at radius 3 is 3.00 bits per heavy atom. The van der Waals surface area contributed by atoms with Crippen molar-refractivity contribution in [3.63, 3.8) is 0 Å². The number of anilines is 1. The zero-order valence-electron chi connectivity index (χ0n) is 15.8. The van der Waals surface area contributed by atoms with Crippen molar-refractivity contribution in [3.8, 4) is 0 Å². The van der Waals surface area contributed by atoms with E-state index in [1.54, 1.807) is 18.5 Å². The van der Waals surface area contributed by atoms with Gasteiger partial charge >= 0.3 is 0 Å². The number of H-pyrrole nitrogens is 1. The van der Waals surface area contributed by atoms with Crippen LogP contribution in [-0.4, -0.2) is 58.1 Å². The van der Waals surface area contributed by atoms with Crippen LogP contribution in [0.4, 0.5) is 5.82 Å². The van der Waals surface area contributed by atoms with Gasteiger partial charge in [-0.1, -0.05) is 6.08 Å². The highest BCUT2D eigenvalue weighted by molar-refractivity contribution is 5.91. The topological polar surface area (TPSA) is 83.1 Å². The van der Waals surface area contributed by atoms with Crippen molar-refractivity contribution in [2.75, 3.05) is 31.6 Å². The van der Waals surface area contributed by atoms with E-state index >= 15 is 0 Å². The van der Waals surface area contributed by atoms with Gasteiger partial charge in [0.2, 0.25) is 5.91 Å². The number of hydrogen-bond acceptors (Lipinski definition) is 5. The first-order valence-electron chi connectivity index (χ1n) is 9.84. The molecule has 0 spiro atoms. The largest absolute Gasteiger partial charge is 0.381 e. The summed E-state index contributed by atoms with van der Waals surface area (Å²) in [7, 11) is 0. The van der Waals surface area contributed by atoms with Gasteiger partial charge in [-0.3, -0.25) is 4.79 Å². The molecule has 0 saturated carbocycles. The maximum Gasteiger partial charge on any atom is 0.246 e. The van der Waals surface area contributed by atoms with Gasteiger partial charge in [0.05, 0.1) is 5.39 Å². The van der Waals surface area contributed by atoms with Gasteiger partial charge < -0.3 is 19.9 Å². The van der Waals surface area contributed by atoms with Crippen molar-refractivity contribution in [3.05, 3.63) is 30.2 Å². The number of hydrogen-bond donors (Lipinski definition) is 2. The molecule has 2 aliphatic heterocycles. The molecule has 7 heteroatoms. The summed E-state index contributed by atoms with van der Waals surface area (Å²) in [5.41, 5.74) is 2.14. The molecule has 2 aromatic rings. The molecule has 144 valence electrons. The summed E-state index contributed by atoms with van der Waals surface area (Å²) in [6, 6.07) is 0.198. The summed E-state index contributed by atoms with van der Waals surface area (Å²) in [5, 5.41) is 4.68. The number of carbonyl (C=O) groups is 1. The second kappa shape index (κ2) is 8.08.